The van der Waals surface area contributed by atoms with Crippen LogP contribution in [0.2, 0.25) is 5.02 Å². The van der Waals surface area contributed by atoms with Gasteiger partial charge in [-0.3, -0.25) is 9.52 Å². The van der Waals surface area contributed by atoms with Crippen molar-refractivity contribution in [2.45, 2.75) is 25.3 Å². The van der Waals surface area contributed by atoms with Crippen LogP contribution in [-0.2, 0) is 16.6 Å². The maximum Gasteiger partial charge on any atom is 0.261 e. The highest BCUT2D eigenvalue weighted by Gasteiger charge is 2.18. The Morgan fingerprint density at radius 2 is 1.67 bits per heavy atom. The molecule has 0 radical (unpaired) electrons. The third-order valence-corrected chi connectivity index (χ3v) is 6.51. The van der Waals surface area contributed by atoms with Crippen molar-refractivity contribution in [1.82, 2.24) is 4.90 Å². The van der Waals surface area contributed by atoms with Crippen LogP contribution >= 0.6 is 11.6 Å². The molecule has 0 aliphatic rings. The van der Waals surface area contributed by atoms with Crippen LogP contribution in [0.25, 0.3) is 0 Å². The molecule has 3 aromatic carbocycles. The molecule has 0 aromatic heterocycles. The van der Waals surface area contributed by atoms with Crippen molar-refractivity contribution in [2.75, 3.05) is 11.8 Å². The number of nitrogens with zero attached hydrogens (tertiary/aromatic N) is 1. The summed E-state index contributed by atoms with van der Waals surface area (Å²) in [5, 5.41) is 0.606. The second kappa shape index (κ2) is 8.90. The van der Waals surface area contributed by atoms with Crippen LogP contribution in [0.5, 0.6) is 0 Å². The molecule has 0 aliphatic heterocycles. The van der Waals surface area contributed by atoms with Gasteiger partial charge in [-0.25, -0.2) is 8.42 Å². The number of sulfonamides is 1. The first-order valence-electron chi connectivity index (χ1n) is 9.36. The van der Waals surface area contributed by atoms with Gasteiger partial charge in [0, 0.05) is 24.2 Å². The number of rotatable bonds is 6. The molecule has 1 N–H and O–H groups in total. The lowest BCUT2D eigenvalue weighted by atomic mass is 10.1. The van der Waals surface area contributed by atoms with Gasteiger partial charge in [-0.15, -0.1) is 0 Å². The number of halogens is 1. The van der Waals surface area contributed by atoms with E-state index in [1.165, 1.54) is 0 Å². The van der Waals surface area contributed by atoms with E-state index in [-0.39, 0.29) is 10.8 Å². The van der Waals surface area contributed by atoms with Crippen molar-refractivity contribution in [3.63, 3.8) is 0 Å². The Morgan fingerprint density at radius 1 is 1.00 bits per heavy atom. The summed E-state index contributed by atoms with van der Waals surface area (Å²) in [6.07, 6.45) is 0. The van der Waals surface area contributed by atoms with Gasteiger partial charge in [-0.1, -0.05) is 47.5 Å². The van der Waals surface area contributed by atoms with Crippen molar-refractivity contribution >= 4 is 33.2 Å². The Kier molecular flexibility index (Phi) is 6.48. The number of carbonyl (C=O) groups excluding carboxylic acids is 1. The monoisotopic (exact) mass is 442 g/mol. The quantitative estimate of drug-likeness (QED) is 0.582. The number of anilines is 1. The highest BCUT2D eigenvalue weighted by atomic mass is 35.5. The lowest BCUT2D eigenvalue weighted by molar-refractivity contribution is 0.0785. The largest absolute Gasteiger partial charge is 0.337 e. The molecule has 0 saturated heterocycles. The van der Waals surface area contributed by atoms with Crippen LogP contribution in [-0.4, -0.2) is 26.3 Å². The summed E-state index contributed by atoms with van der Waals surface area (Å²) in [6, 6.07) is 18.9. The smallest absolute Gasteiger partial charge is 0.261 e. The number of aryl methyl sites for hydroxylation is 2. The summed E-state index contributed by atoms with van der Waals surface area (Å²) in [5.74, 6) is -0.175. The molecule has 1 amide bonds. The summed E-state index contributed by atoms with van der Waals surface area (Å²) in [4.78, 5) is 14.6. The maximum atomic E-state index is 12.8. The molecule has 0 bridgehead atoms. The predicted molar refractivity (Wildman–Crippen MR) is 120 cm³/mol. The van der Waals surface area contributed by atoms with Gasteiger partial charge in [0.25, 0.3) is 15.9 Å². The molecule has 0 heterocycles. The highest BCUT2D eigenvalue weighted by Crippen LogP contribution is 2.23. The van der Waals surface area contributed by atoms with Gasteiger partial charge in [-0.2, -0.15) is 0 Å². The standard InChI is InChI=1S/C23H23ClN2O3S/c1-16-8-11-20(12-9-16)30(28,29)25-22-13-10-18(14-17(22)2)23(27)26(3)15-19-6-4-5-7-21(19)24/h4-14,25H,15H2,1-3H3. The van der Waals surface area contributed by atoms with E-state index in [0.29, 0.717) is 28.4 Å². The Bertz CT molecular complexity index is 1180. The van der Waals surface area contributed by atoms with Gasteiger partial charge < -0.3 is 4.90 Å². The van der Waals surface area contributed by atoms with Crippen molar-refractivity contribution in [2.24, 2.45) is 0 Å². The van der Waals surface area contributed by atoms with E-state index in [1.54, 1.807) is 67.4 Å². The van der Waals surface area contributed by atoms with Crippen molar-refractivity contribution < 1.29 is 13.2 Å². The van der Waals surface area contributed by atoms with E-state index < -0.39 is 10.0 Å². The fourth-order valence-corrected chi connectivity index (χ4v) is 4.33. The van der Waals surface area contributed by atoms with Gasteiger partial charge in [-0.05, 0) is 61.4 Å². The summed E-state index contributed by atoms with van der Waals surface area (Å²) in [6.45, 7) is 4.03. The lowest BCUT2D eigenvalue weighted by Crippen LogP contribution is -2.26. The SMILES string of the molecule is Cc1ccc(S(=O)(=O)Nc2ccc(C(=O)N(C)Cc3ccccc3Cl)cc2C)cc1. The first kappa shape index (κ1) is 21.9. The first-order chi connectivity index (χ1) is 14.2. The fraction of sp³-hybridized carbons (Fsp3) is 0.174. The summed E-state index contributed by atoms with van der Waals surface area (Å²) < 4.78 is 27.9. The van der Waals surface area contributed by atoms with E-state index in [4.69, 9.17) is 11.6 Å². The van der Waals surface area contributed by atoms with Gasteiger partial charge in [0.1, 0.15) is 0 Å². The zero-order chi connectivity index (χ0) is 21.9. The number of hydrogen-bond donors (Lipinski definition) is 1. The zero-order valence-electron chi connectivity index (χ0n) is 17.0. The second-order valence-corrected chi connectivity index (χ2v) is 9.29. The fourth-order valence-electron chi connectivity index (χ4n) is 3.01. The minimum absolute atomic E-state index is 0.175. The van der Waals surface area contributed by atoms with Gasteiger partial charge in [0.05, 0.1) is 10.6 Å². The van der Waals surface area contributed by atoms with Crippen molar-refractivity contribution in [3.8, 4) is 0 Å². The average molecular weight is 443 g/mol. The zero-order valence-corrected chi connectivity index (χ0v) is 18.6. The topological polar surface area (TPSA) is 66.5 Å². The van der Waals surface area contributed by atoms with Gasteiger partial charge >= 0.3 is 0 Å². The Hall–Kier alpha value is -2.83. The van der Waals surface area contributed by atoms with Gasteiger partial charge in [0.2, 0.25) is 0 Å². The minimum Gasteiger partial charge on any atom is -0.337 e. The molecular formula is C23H23ClN2O3S. The molecule has 0 aliphatic carbocycles. The van der Waals surface area contributed by atoms with E-state index >= 15 is 0 Å². The molecule has 0 atom stereocenters. The number of benzene rings is 3. The minimum atomic E-state index is -3.71. The Balaban J connectivity index is 1.76. The van der Waals surface area contributed by atoms with E-state index in [2.05, 4.69) is 4.72 Å². The predicted octanol–water partition coefficient (Wildman–Crippen LogP) is 5.03. The van der Waals surface area contributed by atoms with Crippen LogP contribution in [0, 0.1) is 13.8 Å². The van der Waals surface area contributed by atoms with Crippen LogP contribution in [0.4, 0.5) is 5.69 Å². The second-order valence-electron chi connectivity index (χ2n) is 7.20. The van der Waals surface area contributed by atoms with Gasteiger partial charge in [0.15, 0.2) is 0 Å². The third-order valence-electron chi connectivity index (χ3n) is 4.76. The first-order valence-corrected chi connectivity index (χ1v) is 11.2. The summed E-state index contributed by atoms with van der Waals surface area (Å²) >= 11 is 6.18. The molecule has 30 heavy (non-hydrogen) atoms. The molecule has 3 aromatic rings. The number of hydrogen-bond acceptors (Lipinski definition) is 3. The third kappa shape index (κ3) is 5.01. The summed E-state index contributed by atoms with van der Waals surface area (Å²) in [7, 11) is -2.00. The molecule has 0 fully saturated rings. The molecule has 0 spiro atoms. The van der Waals surface area contributed by atoms with Crippen LogP contribution in [0.1, 0.15) is 27.0 Å². The van der Waals surface area contributed by atoms with E-state index in [9.17, 15) is 13.2 Å². The molecule has 0 saturated carbocycles. The molecule has 156 valence electrons. The molecular weight excluding hydrogens is 420 g/mol. The van der Waals surface area contributed by atoms with Crippen LogP contribution < -0.4 is 4.72 Å². The normalized spacial score (nSPS) is 11.2. The average Bonchev–Trinajstić information content (AvgIpc) is 2.71. The van der Waals surface area contributed by atoms with Crippen molar-refractivity contribution in [1.29, 1.82) is 0 Å². The maximum absolute atomic E-state index is 12.8. The summed E-state index contributed by atoms with van der Waals surface area (Å²) in [5.41, 5.74) is 3.40. The molecule has 5 nitrogen and oxygen atoms in total. The van der Waals surface area contributed by atoms with Crippen LogP contribution in [0.15, 0.2) is 71.6 Å². The van der Waals surface area contributed by atoms with Crippen molar-refractivity contribution in [3.05, 3.63) is 94.0 Å². The lowest BCUT2D eigenvalue weighted by Gasteiger charge is -2.19. The molecule has 0 unspecified atom stereocenters. The highest BCUT2D eigenvalue weighted by molar-refractivity contribution is 7.92. The Morgan fingerprint density at radius 3 is 2.30 bits per heavy atom. The van der Waals surface area contributed by atoms with E-state index in [1.807, 2.05) is 25.1 Å². The Labute approximate surface area is 182 Å². The number of amides is 1. The number of carbonyl (C=O) groups is 1. The molecule has 3 rings (SSSR count). The number of nitrogens with one attached hydrogen (secondary N) is 1. The molecule has 7 heteroatoms. The van der Waals surface area contributed by atoms with E-state index in [0.717, 1.165) is 11.1 Å². The van der Waals surface area contributed by atoms with Crippen LogP contribution in [0.3, 0.4) is 0 Å².